The second-order valence-electron chi connectivity index (χ2n) is 5.40. The lowest BCUT2D eigenvalue weighted by atomic mass is 10.1. The molecule has 3 rings (SSSR count). The molecule has 124 valence electrons. The zero-order valence-electron chi connectivity index (χ0n) is 13.5. The van der Waals surface area contributed by atoms with Crippen molar-refractivity contribution in [2.75, 3.05) is 7.11 Å². The maximum atomic E-state index is 12.3. The smallest absolute Gasteiger partial charge is 0.350 e. The van der Waals surface area contributed by atoms with Gasteiger partial charge in [0.2, 0.25) is 5.91 Å². The van der Waals surface area contributed by atoms with E-state index in [-0.39, 0.29) is 24.2 Å². The van der Waals surface area contributed by atoms with Crippen molar-refractivity contribution in [3.05, 3.63) is 64.7 Å². The van der Waals surface area contributed by atoms with Gasteiger partial charge >= 0.3 is 5.69 Å². The summed E-state index contributed by atoms with van der Waals surface area (Å²) in [4.78, 5) is 24.4. The fourth-order valence-corrected chi connectivity index (χ4v) is 2.60. The summed E-state index contributed by atoms with van der Waals surface area (Å²) in [5, 5.41) is 7.01. The molecule has 7 heteroatoms. The molecule has 0 aliphatic carbocycles. The van der Waals surface area contributed by atoms with E-state index < -0.39 is 0 Å². The predicted octanol–water partition coefficient (Wildman–Crippen LogP) is 1.38. The molecule has 0 spiro atoms. The van der Waals surface area contributed by atoms with Gasteiger partial charge in [0.05, 0.1) is 13.2 Å². The quantitative estimate of drug-likeness (QED) is 0.768. The number of carbonyl (C=O) groups excluding carboxylic acids is 1. The molecule has 1 aromatic carbocycles. The standard InChI is InChI=1S/C17H18N4O3/c1-12(13-7-3-4-8-14(13)24-2)18-16(22)11-21-17(23)20-10-6-5-9-15(20)19-21/h3-10,12H,11H2,1-2H3,(H,18,22). The van der Waals surface area contributed by atoms with Gasteiger partial charge in [0.25, 0.3) is 0 Å². The first-order valence-corrected chi connectivity index (χ1v) is 7.56. The predicted molar refractivity (Wildman–Crippen MR) is 89.0 cm³/mol. The fraction of sp³-hybridized carbons (Fsp3) is 0.235. The van der Waals surface area contributed by atoms with Gasteiger partial charge in [-0.25, -0.2) is 9.48 Å². The van der Waals surface area contributed by atoms with Gasteiger partial charge in [-0.2, -0.15) is 0 Å². The zero-order chi connectivity index (χ0) is 17.1. The Balaban J connectivity index is 1.75. The molecule has 24 heavy (non-hydrogen) atoms. The number of amides is 1. The summed E-state index contributed by atoms with van der Waals surface area (Å²) < 4.78 is 7.86. The summed E-state index contributed by atoms with van der Waals surface area (Å²) in [5.41, 5.74) is 1.04. The molecule has 1 atom stereocenters. The minimum Gasteiger partial charge on any atom is -0.496 e. The van der Waals surface area contributed by atoms with Crippen LogP contribution in [-0.4, -0.2) is 27.2 Å². The largest absolute Gasteiger partial charge is 0.496 e. The van der Waals surface area contributed by atoms with Crippen LogP contribution in [0.25, 0.3) is 5.65 Å². The summed E-state index contributed by atoms with van der Waals surface area (Å²) >= 11 is 0. The molecule has 0 radical (unpaired) electrons. The highest BCUT2D eigenvalue weighted by atomic mass is 16.5. The summed E-state index contributed by atoms with van der Waals surface area (Å²) in [6, 6.07) is 12.5. The average Bonchev–Trinajstić information content (AvgIpc) is 2.91. The van der Waals surface area contributed by atoms with Crippen LogP contribution in [-0.2, 0) is 11.3 Å². The van der Waals surface area contributed by atoms with Gasteiger partial charge in [-0.15, -0.1) is 5.10 Å². The molecule has 0 aliphatic rings. The van der Waals surface area contributed by atoms with Gasteiger partial charge in [-0.1, -0.05) is 24.3 Å². The second kappa shape index (κ2) is 6.57. The van der Waals surface area contributed by atoms with E-state index in [1.54, 1.807) is 31.5 Å². The molecule has 3 aromatic rings. The van der Waals surface area contributed by atoms with Gasteiger partial charge in [0, 0.05) is 11.8 Å². The molecule has 0 saturated heterocycles. The number of ether oxygens (including phenoxy) is 1. The molecule has 1 unspecified atom stereocenters. The van der Waals surface area contributed by atoms with Gasteiger partial charge in [-0.3, -0.25) is 9.20 Å². The Hall–Kier alpha value is -3.09. The van der Waals surface area contributed by atoms with Crippen LogP contribution >= 0.6 is 0 Å². The van der Waals surface area contributed by atoms with Crippen molar-refractivity contribution < 1.29 is 9.53 Å². The number of aromatic nitrogens is 3. The van der Waals surface area contributed by atoms with Crippen LogP contribution in [0.5, 0.6) is 5.75 Å². The zero-order valence-corrected chi connectivity index (χ0v) is 13.5. The number of methoxy groups -OCH3 is 1. The summed E-state index contributed by atoms with van der Waals surface area (Å²) in [7, 11) is 1.59. The van der Waals surface area contributed by atoms with Gasteiger partial charge in [0.15, 0.2) is 5.65 Å². The molecule has 7 nitrogen and oxygen atoms in total. The van der Waals surface area contributed by atoms with E-state index in [1.165, 1.54) is 4.40 Å². The minimum atomic E-state index is -0.342. The molecule has 0 aliphatic heterocycles. The van der Waals surface area contributed by atoms with E-state index in [9.17, 15) is 9.59 Å². The fourth-order valence-electron chi connectivity index (χ4n) is 2.60. The van der Waals surface area contributed by atoms with E-state index in [0.717, 1.165) is 10.2 Å². The van der Waals surface area contributed by atoms with Crippen LogP contribution in [0, 0.1) is 0 Å². The summed E-state index contributed by atoms with van der Waals surface area (Å²) in [6.07, 6.45) is 1.62. The number of hydrogen-bond donors (Lipinski definition) is 1. The van der Waals surface area contributed by atoms with Crippen molar-refractivity contribution in [3.8, 4) is 5.75 Å². The van der Waals surface area contributed by atoms with Crippen molar-refractivity contribution >= 4 is 11.6 Å². The molecule has 0 saturated carbocycles. The molecule has 0 bridgehead atoms. The lowest BCUT2D eigenvalue weighted by molar-refractivity contribution is -0.122. The molecule has 1 amide bonds. The minimum absolute atomic E-state index is 0.139. The van der Waals surface area contributed by atoms with Crippen molar-refractivity contribution in [2.45, 2.75) is 19.5 Å². The number of pyridine rings is 1. The Labute approximate surface area is 138 Å². The third kappa shape index (κ3) is 3.01. The topological polar surface area (TPSA) is 77.6 Å². The highest BCUT2D eigenvalue weighted by Crippen LogP contribution is 2.24. The van der Waals surface area contributed by atoms with Crippen LogP contribution in [0.4, 0.5) is 0 Å². The monoisotopic (exact) mass is 326 g/mol. The SMILES string of the molecule is COc1ccccc1C(C)NC(=O)Cn1nc2ccccn2c1=O. The lowest BCUT2D eigenvalue weighted by Crippen LogP contribution is -2.34. The maximum Gasteiger partial charge on any atom is 0.350 e. The summed E-state index contributed by atoms with van der Waals surface area (Å²) in [5.74, 6) is 0.411. The molecular formula is C17H18N4O3. The van der Waals surface area contributed by atoms with Crippen LogP contribution in [0.15, 0.2) is 53.5 Å². The van der Waals surface area contributed by atoms with Crippen molar-refractivity contribution in [1.29, 1.82) is 0 Å². The Morgan fingerprint density at radius 3 is 2.75 bits per heavy atom. The molecule has 2 heterocycles. The van der Waals surface area contributed by atoms with Crippen molar-refractivity contribution in [3.63, 3.8) is 0 Å². The first-order chi connectivity index (χ1) is 11.6. The Kier molecular flexibility index (Phi) is 4.33. The number of nitrogens with one attached hydrogen (secondary N) is 1. The first-order valence-electron chi connectivity index (χ1n) is 7.56. The van der Waals surface area contributed by atoms with Crippen LogP contribution in [0.3, 0.4) is 0 Å². The van der Waals surface area contributed by atoms with Gasteiger partial charge in [-0.05, 0) is 25.1 Å². The number of nitrogens with zero attached hydrogens (tertiary/aromatic N) is 3. The Morgan fingerprint density at radius 1 is 1.25 bits per heavy atom. The second-order valence-corrected chi connectivity index (χ2v) is 5.40. The van der Waals surface area contributed by atoms with E-state index in [0.29, 0.717) is 11.4 Å². The number of hydrogen-bond acceptors (Lipinski definition) is 4. The van der Waals surface area contributed by atoms with Crippen molar-refractivity contribution in [2.24, 2.45) is 0 Å². The van der Waals surface area contributed by atoms with Crippen LogP contribution < -0.4 is 15.7 Å². The Morgan fingerprint density at radius 2 is 2.00 bits per heavy atom. The third-order valence-corrected chi connectivity index (χ3v) is 3.76. The van der Waals surface area contributed by atoms with Crippen LogP contribution in [0.2, 0.25) is 0 Å². The Bertz CT molecular complexity index is 929. The third-order valence-electron chi connectivity index (χ3n) is 3.76. The molecule has 1 N–H and O–H groups in total. The van der Waals surface area contributed by atoms with Crippen molar-refractivity contribution in [1.82, 2.24) is 19.5 Å². The van der Waals surface area contributed by atoms with E-state index in [1.807, 2.05) is 31.2 Å². The number of rotatable bonds is 5. The number of carbonyl (C=O) groups is 1. The number of fused-ring (bicyclic) bond motifs is 1. The van der Waals surface area contributed by atoms with Gasteiger partial charge in [0.1, 0.15) is 12.3 Å². The molecule has 0 fully saturated rings. The summed E-state index contributed by atoms with van der Waals surface area (Å²) in [6.45, 7) is 1.72. The average molecular weight is 326 g/mol. The highest BCUT2D eigenvalue weighted by Gasteiger charge is 2.15. The molecular weight excluding hydrogens is 308 g/mol. The number of benzene rings is 1. The maximum absolute atomic E-state index is 12.3. The highest BCUT2D eigenvalue weighted by molar-refractivity contribution is 5.76. The van der Waals surface area contributed by atoms with E-state index in [2.05, 4.69) is 10.4 Å². The lowest BCUT2D eigenvalue weighted by Gasteiger charge is -2.17. The van der Waals surface area contributed by atoms with E-state index >= 15 is 0 Å². The van der Waals surface area contributed by atoms with Crippen LogP contribution in [0.1, 0.15) is 18.5 Å². The normalized spacial score (nSPS) is 12.1. The molecule has 2 aromatic heterocycles. The first kappa shape index (κ1) is 15.8. The van der Waals surface area contributed by atoms with E-state index in [4.69, 9.17) is 4.74 Å². The van der Waals surface area contributed by atoms with Gasteiger partial charge < -0.3 is 10.1 Å². The number of para-hydroxylation sites is 1.